The van der Waals surface area contributed by atoms with Crippen LogP contribution in [0.5, 0.6) is 0 Å². The van der Waals surface area contributed by atoms with E-state index in [-0.39, 0.29) is 54.9 Å². The number of pyridine rings is 1. The number of halogens is 5. The molecule has 2 aromatic carbocycles. The Hall–Kier alpha value is -5.02. The van der Waals surface area contributed by atoms with E-state index in [0.717, 1.165) is 29.0 Å². The van der Waals surface area contributed by atoms with Crippen LogP contribution in [0.25, 0.3) is 10.9 Å². The number of carbonyl (C=O) groups is 1. The molecule has 1 aliphatic rings. The zero-order chi connectivity index (χ0) is 36.1. The Bertz CT molecular complexity index is 1910. The van der Waals surface area contributed by atoms with Gasteiger partial charge in [0.1, 0.15) is 17.1 Å². The summed E-state index contributed by atoms with van der Waals surface area (Å²) in [6.45, 7) is 12.3. The number of piperazine rings is 1. The lowest BCUT2D eigenvalue weighted by Crippen LogP contribution is -2.48. The molecular formula is C33H37F5N8O3. The van der Waals surface area contributed by atoms with Crippen molar-refractivity contribution in [2.24, 2.45) is 0 Å². The Morgan fingerprint density at radius 1 is 0.857 bits per heavy atom. The van der Waals surface area contributed by atoms with Gasteiger partial charge in [0, 0.05) is 50.0 Å². The minimum Gasteiger partial charge on any atom is -0.477 e. The molecule has 0 radical (unpaired) electrons. The van der Waals surface area contributed by atoms with Gasteiger partial charge in [-0.05, 0) is 65.3 Å². The van der Waals surface area contributed by atoms with E-state index in [0.29, 0.717) is 17.8 Å². The van der Waals surface area contributed by atoms with Gasteiger partial charge < -0.3 is 30.1 Å². The number of benzene rings is 2. The number of nitrogens with one attached hydrogen (secondary N) is 2. The van der Waals surface area contributed by atoms with Crippen molar-refractivity contribution >= 4 is 40.4 Å². The maximum absolute atomic E-state index is 16.5. The number of aromatic carboxylic acids is 1. The number of nitrogens with zero attached hydrogens (tertiary/aromatic N) is 6. The lowest BCUT2D eigenvalue weighted by atomic mass is 10.1. The van der Waals surface area contributed by atoms with Crippen molar-refractivity contribution < 1.29 is 31.9 Å². The fraction of sp³-hybridized carbons (Fsp3) is 0.424. The van der Waals surface area contributed by atoms with E-state index in [1.807, 2.05) is 46.4 Å². The second-order valence-corrected chi connectivity index (χ2v) is 13.9. The highest BCUT2D eigenvalue weighted by atomic mass is 19.4. The Morgan fingerprint density at radius 2 is 1.39 bits per heavy atom. The Balaban J connectivity index is 1.49. The summed E-state index contributed by atoms with van der Waals surface area (Å²) in [5.41, 5.74) is -3.95. The fourth-order valence-electron chi connectivity index (χ4n) is 5.46. The molecule has 16 heteroatoms. The zero-order valence-corrected chi connectivity index (χ0v) is 27.8. The molecular weight excluding hydrogens is 651 g/mol. The van der Waals surface area contributed by atoms with Gasteiger partial charge in [-0.25, -0.2) is 13.6 Å². The van der Waals surface area contributed by atoms with E-state index in [1.54, 1.807) is 0 Å². The lowest BCUT2D eigenvalue weighted by molar-refractivity contribution is -0.137. The number of hydrogen-bond donors (Lipinski definition) is 3. The average Bonchev–Trinajstić information content (AvgIpc) is 2.96. The Labute approximate surface area is 278 Å². The number of carboxylic acid groups (broad SMARTS) is 1. The van der Waals surface area contributed by atoms with Crippen molar-refractivity contribution in [3.63, 3.8) is 0 Å². The molecule has 3 N–H and O–H groups in total. The van der Waals surface area contributed by atoms with Gasteiger partial charge in [-0.3, -0.25) is 4.79 Å². The summed E-state index contributed by atoms with van der Waals surface area (Å²) < 4.78 is 72.6. The van der Waals surface area contributed by atoms with Crippen LogP contribution in [0.15, 0.2) is 41.3 Å². The van der Waals surface area contributed by atoms with E-state index in [4.69, 9.17) is 0 Å². The topological polar surface area (TPSA) is 129 Å². The van der Waals surface area contributed by atoms with E-state index in [2.05, 4.69) is 25.6 Å². The van der Waals surface area contributed by atoms with Crippen LogP contribution in [0.4, 0.5) is 45.5 Å². The van der Waals surface area contributed by atoms with E-state index in [9.17, 15) is 27.9 Å². The highest BCUT2D eigenvalue weighted by Gasteiger charge is 2.31. The molecule has 0 unspecified atom stereocenters. The largest absolute Gasteiger partial charge is 0.477 e. The van der Waals surface area contributed by atoms with Crippen LogP contribution in [-0.2, 0) is 12.7 Å². The highest BCUT2D eigenvalue weighted by molar-refractivity contribution is 5.94. The lowest BCUT2D eigenvalue weighted by Gasteiger charge is -2.37. The highest BCUT2D eigenvalue weighted by Crippen LogP contribution is 2.33. The molecule has 0 atom stereocenters. The summed E-state index contributed by atoms with van der Waals surface area (Å²) in [6.07, 6.45) is -3.66. The monoisotopic (exact) mass is 688 g/mol. The molecule has 5 rings (SSSR count). The van der Waals surface area contributed by atoms with Crippen molar-refractivity contribution in [1.29, 1.82) is 0 Å². The first-order valence-electron chi connectivity index (χ1n) is 15.5. The van der Waals surface area contributed by atoms with Crippen LogP contribution in [0.1, 0.15) is 63.0 Å². The van der Waals surface area contributed by atoms with Gasteiger partial charge in [0.2, 0.25) is 23.3 Å². The predicted octanol–water partition coefficient (Wildman–Crippen LogP) is 5.98. The number of carboxylic acids is 1. The first kappa shape index (κ1) is 35.3. The fourth-order valence-corrected chi connectivity index (χ4v) is 5.46. The third-order valence-corrected chi connectivity index (χ3v) is 7.57. The maximum atomic E-state index is 16.5. The normalized spacial score (nSPS) is 14.3. The third-order valence-electron chi connectivity index (χ3n) is 7.57. The molecule has 1 saturated heterocycles. The smallest absolute Gasteiger partial charge is 0.416 e. The van der Waals surface area contributed by atoms with Crippen LogP contribution in [0.3, 0.4) is 0 Å². The molecule has 0 bridgehead atoms. The summed E-state index contributed by atoms with van der Waals surface area (Å²) in [6, 6.07) is 4.83. The Kier molecular flexibility index (Phi) is 9.21. The SMILES string of the molecule is CC(C)(C)Nc1nc(NC(C)(C)C)nc(N2CCN(c3c(F)cc4c(=O)c(C(=O)O)cn(Cc5ccc(C(F)(F)F)cc5)c4c3F)CC2)n1. The van der Waals surface area contributed by atoms with Gasteiger partial charge in [-0.1, -0.05) is 12.1 Å². The minimum atomic E-state index is -4.58. The van der Waals surface area contributed by atoms with Gasteiger partial charge in [-0.2, -0.15) is 28.1 Å². The summed E-state index contributed by atoms with van der Waals surface area (Å²) in [5.74, 6) is -2.71. The third kappa shape index (κ3) is 8.00. The van der Waals surface area contributed by atoms with E-state index in [1.165, 1.54) is 17.0 Å². The predicted molar refractivity (Wildman–Crippen MR) is 177 cm³/mol. The molecule has 11 nitrogen and oxygen atoms in total. The number of aromatic nitrogens is 4. The minimum absolute atomic E-state index is 0.130. The molecule has 49 heavy (non-hydrogen) atoms. The number of rotatable bonds is 7. The first-order valence-corrected chi connectivity index (χ1v) is 15.5. The number of fused-ring (bicyclic) bond motifs is 1. The van der Waals surface area contributed by atoms with Crippen molar-refractivity contribution in [2.75, 3.05) is 46.6 Å². The van der Waals surface area contributed by atoms with Crippen LogP contribution < -0.4 is 25.9 Å². The van der Waals surface area contributed by atoms with Crippen molar-refractivity contribution in [2.45, 2.75) is 65.3 Å². The molecule has 0 aliphatic carbocycles. The van der Waals surface area contributed by atoms with Crippen molar-refractivity contribution in [3.05, 3.63) is 75.1 Å². The first-order chi connectivity index (χ1) is 22.7. The molecule has 0 saturated carbocycles. The summed E-state index contributed by atoms with van der Waals surface area (Å²) in [7, 11) is 0. The van der Waals surface area contributed by atoms with Crippen LogP contribution in [0, 0.1) is 11.6 Å². The second kappa shape index (κ2) is 12.8. The quantitative estimate of drug-likeness (QED) is 0.200. The van der Waals surface area contributed by atoms with Gasteiger partial charge in [0.25, 0.3) is 0 Å². The Morgan fingerprint density at radius 3 is 1.88 bits per heavy atom. The molecule has 2 aromatic heterocycles. The van der Waals surface area contributed by atoms with E-state index >= 15 is 8.78 Å². The van der Waals surface area contributed by atoms with E-state index < -0.39 is 51.4 Å². The molecule has 3 heterocycles. The van der Waals surface area contributed by atoms with Crippen molar-refractivity contribution in [1.82, 2.24) is 19.5 Å². The molecule has 0 spiro atoms. The second-order valence-electron chi connectivity index (χ2n) is 13.9. The summed E-state index contributed by atoms with van der Waals surface area (Å²) >= 11 is 0. The zero-order valence-electron chi connectivity index (χ0n) is 27.8. The van der Waals surface area contributed by atoms with Gasteiger partial charge in [-0.15, -0.1) is 0 Å². The number of anilines is 4. The van der Waals surface area contributed by atoms with Crippen LogP contribution >= 0.6 is 0 Å². The molecule has 1 aliphatic heterocycles. The van der Waals surface area contributed by atoms with Crippen molar-refractivity contribution in [3.8, 4) is 0 Å². The molecule has 262 valence electrons. The average molecular weight is 689 g/mol. The number of alkyl halides is 3. The van der Waals surface area contributed by atoms with Gasteiger partial charge >= 0.3 is 12.1 Å². The summed E-state index contributed by atoms with van der Waals surface area (Å²) in [5, 5.41) is 15.6. The van der Waals surface area contributed by atoms with Gasteiger partial charge in [0.05, 0.1) is 16.5 Å². The maximum Gasteiger partial charge on any atom is 0.416 e. The number of hydrogen-bond acceptors (Lipinski definition) is 9. The summed E-state index contributed by atoms with van der Waals surface area (Å²) in [4.78, 5) is 41.9. The van der Waals surface area contributed by atoms with Crippen LogP contribution in [-0.4, -0.2) is 67.9 Å². The molecule has 1 fully saturated rings. The van der Waals surface area contributed by atoms with Gasteiger partial charge in [0.15, 0.2) is 5.82 Å². The van der Waals surface area contributed by atoms with Crippen LogP contribution in [0.2, 0.25) is 0 Å². The molecule has 4 aromatic rings. The molecule has 0 amide bonds. The standard InChI is InChI=1S/C33H37F5N8O3/c1-31(2,3)42-28-39-29(43-32(4,5)6)41-30(40-28)45-13-11-44(12-14-45)25-22(34)15-20-24(23(25)35)46(17-21(26(20)47)27(48)49)16-18-7-9-19(10-8-18)33(36,37)38/h7-10,15,17H,11-14,16H2,1-6H3,(H,48,49)(H2,39,40,41,42,43).